The predicted molar refractivity (Wildman–Crippen MR) is 60.3 cm³/mol. The molecule has 0 fully saturated rings. The molecule has 0 aliphatic rings. The molecule has 0 saturated carbocycles. The van der Waals surface area contributed by atoms with E-state index in [1.165, 1.54) is 18.2 Å². The Labute approximate surface area is 104 Å². The first-order valence-electron chi connectivity index (χ1n) is 3.82. The van der Waals surface area contributed by atoms with Crippen molar-refractivity contribution in [2.45, 2.75) is 0 Å². The highest BCUT2D eigenvalue weighted by Crippen LogP contribution is 2.22. The van der Waals surface area contributed by atoms with E-state index in [2.05, 4.69) is 0 Å². The van der Waals surface area contributed by atoms with Gasteiger partial charge in [0.25, 0.3) is 0 Å². The normalized spacial score (nSPS) is 9.73. The molecule has 0 amide bonds. The molecule has 0 spiro atoms. The molecule has 0 N–H and O–H groups in total. The minimum atomic E-state index is -1.37. The van der Waals surface area contributed by atoms with E-state index in [0.717, 1.165) is 0 Å². The molecule has 0 bridgehead atoms. The van der Waals surface area contributed by atoms with Gasteiger partial charge in [0.1, 0.15) is 5.75 Å². The number of carboxylic acid groups (broad SMARTS) is 1. The Kier molecular flexibility index (Phi) is 4.34. The first-order chi connectivity index (χ1) is 7.04. The number of aromatic carboxylic acids is 1. The number of ether oxygens (including phenoxy) is 1. The van der Waals surface area contributed by atoms with Crippen LogP contribution in [0.4, 0.5) is 0 Å². The second-order valence-electron chi connectivity index (χ2n) is 2.54. The Bertz CT molecular complexity index is 405. The lowest BCUT2D eigenvalue weighted by Gasteiger charge is -2.07. The maximum atomic E-state index is 10.9. The molecule has 0 aromatic heterocycles. The number of halogens is 2. The quantitative estimate of drug-likeness (QED) is 0.357. The molecule has 1 aromatic carbocycles. The van der Waals surface area contributed by atoms with Crippen molar-refractivity contribution in [1.29, 1.82) is 0 Å². The van der Waals surface area contributed by atoms with Crippen LogP contribution in [-0.2, 0) is 4.79 Å². The van der Waals surface area contributed by atoms with Crippen molar-refractivity contribution in [3.63, 3.8) is 0 Å². The van der Waals surface area contributed by atoms with Crippen molar-refractivity contribution in [3.8, 4) is 5.75 Å². The molecule has 0 atom stereocenters. The molecule has 1 rings (SSSR count). The van der Waals surface area contributed by atoms with Crippen molar-refractivity contribution in [2.24, 2.45) is 0 Å². The molecule has 0 unspecified atom stereocenters. The van der Waals surface area contributed by atoms with Gasteiger partial charge in [0, 0.05) is 11.6 Å². The van der Waals surface area contributed by atoms with Gasteiger partial charge in [-0.25, -0.2) is 0 Å². The van der Waals surface area contributed by atoms with Crippen LogP contribution in [0.25, 0.3) is 0 Å². The molecule has 0 heterocycles. The van der Waals surface area contributed by atoms with Crippen molar-refractivity contribution in [1.82, 2.24) is 0 Å². The Morgan fingerprint density at radius 1 is 1.47 bits per heavy atom. The van der Waals surface area contributed by atoms with E-state index in [9.17, 15) is 14.7 Å². The van der Waals surface area contributed by atoms with Gasteiger partial charge in [-0.2, -0.15) is 0 Å². The smallest absolute Gasteiger partial charge is 0.321 e. The third-order valence-electron chi connectivity index (χ3n) is 1.50. The van der Waals surface area contributed by atoms with Crippen molar-refractivity contribution in [2.75, 3.05) is 4.43 Å². The van der Waals surface area contributed by atoms with Gasteiger partial charge < -0.3 is 14.6 Å². The third kappa shape index (κ3) is 3.35. The second kappa shape index (κ2) is 5.32. The molecule has 0 aliphatic heterocycles. The fraction of sp³-hybridized carbons (Fsp3) is 0.111. The number of rotatable bonds is 3. The second-order valence-corrected chi connectivity index (χ2v) is 3.71. The lowest BCUT2D eigenvalue weighted by atomic mass is 10.2. The summed E-state index contributed by atoms with van der Waals surface area (Å²) in [5.41, 5.74) is -0.133. The molecule has 0 aliphatic carbocycles. The minimum absolute atomic E-state index is 0.0197. The highest BCUT2D eigenvalue weighted by atomic mass is 127. The predicted octanol–water partition coefficient (Wildman–Crippen LogP) is 1.04. The van der Waals surface area contributed by atoms with Crippen LogP contribution in [0, 0.1) is 0 Å². The van der Waals surface area contributed by atoms with Crippen LogP contribution in [0.2, 0.25) is 5.02 Å². The SMILES string of the molecule is O=C(CI)Oc1ccc(C(=O)[O-])c(Cl)c1. The number of hydrogen-bond donors (Lipinski definition) is 0. The molecule has 0 radical (unpaired) electrons. The van der Waals surface area contributed by atoms with Crippen LogP contribution in [0.15, 0.2) is 18.2 Å². The topological polar surface area (TPSA) is 66.4 Å². The van der Waals surface area contributed by atoms with E-state index in [-0.39, 0.29) is 20.8 Å². The minimum Gasteiger partial charge on any atom is -0.545 e. The van der Waals surface area contributed by atoms with E-state index >= 15 is 0 Å². The number of esters is 1. The fourth-order valence-corrected chi connectivity index (χ4v) is 1.29. The summed E-state index contributed by atoms with van der Waals surface area (Å²) < 4.78 is 5.04. The molecule has 15 heavy (non-hydrogen) atoms. The number of carboxylic acids is 1. The van der Waals surface area contributed by atoms with Crippen LogP contribution < -0.4 is 9.84 Å². The highest BCUT2D eigenvalue weighted by molar-refractivity contribution is 14.1. The Hall–Kier alpha value is -0.820. The summed E-state index contributed by atoms with van der Waals surface area (Å²) in [4.78, 5) is 21.4. The Morgan fingerprint density at radius 2 is 2.13 bits per heavy atom. The summed E-state index contributed by atoms with van der Waals surface area (Å²) >= 11 is 7.49. The van der Waals surface area contributed by atoms with Crippen LogP contribution >= 0.6 is 34.2 Å². The molecule has 6 heteroatoms. The van der Waals surface area contributed by atoms with Gasteiger partial charge in [-0.15, -0.1) is 0 Å². The molecular weight excluding hydrogens is 334 g/mol. The Morgan fingerprint density at radius 3 is 2.60 bits per heavy atom. The zero-order chi connectivity index (χ0) is 11.4. The highest BCUT2D eigenvalue weighted by Gasteiger charge is 2.06. The number of carbonyl (C=O) groups is 2. The van der Waals surface area contributed by atoms with Crippen molar-refractivity contribution in [3.05, 3.63) is 28.8 Å². The lowest BCUT2D eigenvalue weighted by Crippen LogP contribution is -2.22. The van der Waals surface area contributed by atoms with Gasteiger partial charge >= 0.3 is 5.97 Å². The van der Waals surface area contributed by atoms with Crippen LogP contribution in [-0.4, -0.2) is 16.4 Å². The zero-order valence-corrected chi connectivity index (χ0v) is 10.2. The van der Waals surface area contributed by atoms with Crippen molar-refractivity contribution < 1.29 is 19.4 Å². The number of carbonyl (C=O) groups excluding carboxylic acids is 2. The zero-order valence-electron chi connectivity index (χ0n) is 7.33. The van der Waals surface area contributed by atoms with Gasteiger partial charge in [-0.1, -0.05) is 34.2 Å². The van der Waals surface area contributed by atoms with E-state index in [1.807, 2.05) is 22.6 Å². The lowest BCUT2D eigenvalue weighted by molar-refractivity contribution is -0.255. The molecule has 80 valence electrons. The largest absolute Gasteiger partial charge is 0.545 e. The summed E-state index contributed by atoms with van der Waals surface area (Å²) in [5.74, 6) is -1.58. The maximum Gasteiger partial charge on any atom is 0.321 e. The van der Waals surface area contributed by atoms with Gasteiger partial charge in [0.05, 0.1) is 15.4 Å². The average molecular weight is 339 g/mol. The van der Waals surface area contributed by atoms with Crippen LogP contribution in [0.5, 0.6) is 5.75 Å². The average Bonchev–Trinajstić information content (AvgIpc) is 2.17. The monoisotopic (exact) mass is 339 g/mol. The molecule has 4 nitrogen and oxygen atoms in total. The van der Waals surface area contributed by atoms with Gasteiger partial charge in [0.15, 0.2) is 0 Å². The van der Waals surface area contributed by atoms with Crippen LogP contribution in [0.1, 0.15) is 10.4 Å². The Balaban J connectivity index is 2.91. The van der Waals surface area contributed by atoms with E-state index in [4.69, 9.17) is 16.3 Å². The summed E-state index contributed by atoms with van der Waals surface area (Å²) in [7, 11) is 0. The van der Waals surface area contributed by atoms with Gasteiger partial charge in [-0.05, 0) is 12.1 Å². The summed E-state index contributed by atoms with van der Waals surface area (Å²) in [5, 5.41) is 10.5. The first kappa shape index (κ1) is 12.3. The fourth-order valence-electron chi connectivity index (χ4n) is 0.884. The number of benzene rings is 1. The molecular formula is C9H5ClIO4-. The molecule has 1 aromatic rings. The number of alkyl halides is 1. The molecule has 0 saturated heterocycles. The number of hydrogen-bond acceptors (Lipinski definition) is 4. The van der Waals surface area contributed by atoms with Gasteiger partial charge in [-0.3, -0.25) is 4.79 Å². The van der Waals surface area contributed by atoms with E-state index < -0.39 is 11.9 Å². The summed E-state index contributed by atoms with van der Waals surface area (Å²) in [6.45, 7) is 0. The van der Waals surface area contributed by atoms with E-state index in [1.54, 1.807) is 0 Å². The standard InChI is InChI=1S/C9H6ClIO4/c10-7-3-5(15-8(12)4-11)1-2-6(7)9(13)14/h1-3H,4H2,(H,13,14)/p-1. The van der Waals surface area contributed by atoms with Gasteiger partial charge in [0.2, 0.25) is 0 Å². The third-order valence-corrected chi connectivity index (χ3v) is 2.44. The summed E-state index contributed by atoms with van der Waals surface area (Å²) in [6.07, 6.45) is 0. The van der Waals surface area contributed by atoms with Crippen molar-refractivity contribution >= 4 is 46.1 Å². The summed E-state index contributed by atoms with van der Waals surface area (Å²) in [6, 6.07) is 3.84. The first-order valence-corrected chi connectivity index (χ1v) is 5.72. The van der Waals surface area contributed by atoms with E-state index in [0.29, 0.717) is 0 Å². The van der Waals surface area contributed by atoms with Crippen LogP contribution in [0.3, 0.4) is 0 Å². The maximum absolute atomic E-state index is 10.9.